The van der Waals surface area contributed by atoms with E-state index < -0.39 is 0 Å². The van der Waals surface area contributed by atoms with Crippen LogP contribution in [-0.4, -0.2) is 0 Å². The normalized spacial score (nSPS) is 4.67. The fourth-order valence-corrected chi connectivity index (χ4v) is 0.250. The van der Waals surface area contributed by atoms with E-state index in [9.17, 15) is 0 Å². The third-order valence-corrected chi connectivity index (χ3v) is 0.604. The van der Waals surface area contributed by atoms with Crippen LogP contribution in [0.1, 0.15) is 26.2 Å². The monoisotopic (exact) mass is 306 g/mol. The Hall–Kier alpha value is 0.542. The van der Waals surface area contributed by atoms with Gasteiger partial charge in [-0.25, -0.2) is 0 Å². The molecule has 0 atom stereocenters. The van der Waals surface area contributed by atoms with Gasteiger partial charge in [-0.15, -0.1) is 0 Å². The summed E-state index contributed by atoms with van der Waals surface area (Å²) in [6, 6.07) is 0. The first-order valence-corrected chi connectivity index (χ1v) is 2.21. The van der Waals surface area contributed by atoms with E-state index in [0.717, 1.165) is 6.42 Å². The van der Waals surface area contributed by atoms with E-state index in [4.69, 9.17) is 0 Å². The number of rotatable bonds is 2. The minimum absolute atomic E-state index is 0. The Morgan fingerprint density at radius 3 is 1.44 bits per heavy atom. The molecule has 0 heterocycles. The van der Waals surface area contributed by atoms with Gasteiger partial charge in [-0.3, -0.25) is 0 Å². The maximum absolute atomic E-state index is 3.68. The van der Waals surface area contributed by atoms with Crippen molar-refractivity contribution in [2.75, 3.05) is 0 Å². The maximum Gasteiger partial charge on any atom is 0 e. The van der Waals surface area contributed by atoms with Crippen LogP contribution in [0.5, 0.6) is 0 Å². The quantitative estimate of drug-likeness (QED) is 0.695. The molecule has 0 aromatic rings. The number of hydrogen-bond donors (Lipinski definition) is 0. The van der Waals surface area contributed by atoms with Crippen LogP contribution >= 0.6 is 0 Å². The molecule has 0 saturated heterocycles. The van der Waals surface area contributed by atoms with E-state index >= 15 is 0 Å². The predicted octanol–water partition coefficient (Wildman–Crippen LogP) is 1.65. The van der Waals surface area contributed by atoms with Crippen molar-refractivity contribution in [3.63, 3.8) is 0 Å². The summed E-state index contributed by atoms with van der Waals surface area (Å²) in [5.74, 6) is 0. The summed E-state index contributed by atoms with van der Waals surface area (Å²) >= 11 is 0. The van der Waals surface area contributed by atoms with Gasteiger partial charge in [-0.1, -0.05) is 19.8 Å². The Labute approximate surface area is 70.4 Å². The van der Waals surface area contributed by atoms with Crippen molar-refractivity contribution in [1.82, 2.24) is 0 Å². The first kappa shape index (κ1) is 33.7. The molecular weight excluding hydrogens is 294 g/mol. The van der Waals surface area contributed by atoms with E-state index in [1.807, 2.05) is 0 Å². The van der Waals surface area contributed by atoms with Gasteiger partial charge in [0.15, 0.2) is 0 Å². The van der Waals surface area contributed by atoms with Crippen molar-refractivity contribution >= 4 is 0 Å². The molecule has 0 aliphatic carbocycles. The Morgan fingerprint density at radius 2 is 1.44 bits per heavy atom. The van der Waals surface area contributed by atoms with Crippen LogP contribution in [0.2, 0.25) is 0 Å². The topological polar surface area (TPSA) is 85.5 Å². The molecule has 0 amide bonds. The van der Waals surface area contributed by atoms with Crippen LogP contribution in [0.4, 0.5) is 0 Å². The van der Waals surface area contributed by atoms with E-state index in [0.29, 0.717) is 0 Å². The summed E-state index contributed by atoms with van der Waals surface area (Å²) in [6.45, 7) is 5.85. The first-order valence-electron chi connectivity index (χ1n) is 2.21. The summed E-state index contributed by atoms with van der Waals surface area (Å²) in [5.41, 5.74) is 0. The Kier molecular flexibility index (Phi) is 145. The van der Waals surface area contributed by atoms with E-state index in [1.54, 1.807) is 0 Å². The standard InChI is InChI=1S/C5H11.3O.Re/c1-3-5-4-2;;;;/h1,3-5H2,2H3;;;;/q-1;3*-2;. The molecule has 0 bridgehead atoms. The Bertz CT molecular complexity index is 19.7. The summed E-state index contributed by atoms with van der Waals surface area (Å²) in [6.07, 6.45) is 3.65. The van der Waals surface area contributed by atoms with Crippen molar-refractivity contribution in [2.24, 2.45) is 0 Å². The van der Waals surface area contributed by atoms with Crippen LogP contribution in [0, 0.1) is 6.92 Å². The molecule has 0 aliphatic heterocycles. The minimum Gasteiger partial charge on any atom is -2.00 e. The van der Waals surface area contributed by atoms with Crippen molar-refractivity contribution in [2.45, 2.75) is 26.2 Å². The van der Waals surface area contributed by atoms with Crippen LogP contribution in [0.3, 0.4) is 0 Å². The van der Waals surface area contributed by atoms with Crippen molar-refractivity contribution in [3.8, 4) is 0 Å². The molecule has 0 aromatic carbocycles. The van der Waals surface area contributed by atoms with Gasteiger partial charge in [-0.05, 0) is 0 Å². The van der Waals surface area contributed by atoms with E-state index in [2.05, 4.69) is 13.8 Å². The zero-order valence-electron chi connectivity index (χ0n) is 5.43. The van der Waals surface area contributed by atoms with Crippen LogP contribution < -0.4 is 0 Å². The molecule has 0 fully saturated rings. The molecular formula is C5H11O3Re-7. The van der Waals surface area contributed by atoms with Gasteiger partial charge < -0.3 is 23.4 Å². The Morgan fingerprint density at radius 1 is 1.11 bits per heavy atom. The van der Waals surface area contributed by atoms with E-state index in [1.165, 1.54) is 12.8 Å². The molecule has 0 N–H and O–H groups in total. The van der Waals surface area contributed by atoms with Crippen LogP contribution in [0.25, 0.3) is 0 Å². The Balaban J connectivity index is -0.0000000133. The van der Waals surface area contributed by atoms with Gasteiger partial charge in [-0.2, -0.15) is 6.42 Å². The second kappa shape index (κ2) is 38.7. The predicted molar refractivity (Wildman–Crippen MR) is 26.9 cm³/mol. The molecule has 0 unspecified atom stereocenters. The summed E-state index contributed by atoms with van der Waals surface area (Å²) < 4.78 is 0. The molecule has 0 rings (SSSR count). The average Bonchev–Trinajstić information content (AvgIpc) is 1.41. The summed E-state index contributed by atoms with van der Waals surface area (Å²) in [7, 11) is 0. The average molecular weight is 305 g/mol. The third-order valence-electron chi connectivity index (χ3n) is 0.604. The molecule has 0 aliphatic rings. The second-order valence-electron chi connectivity index (χ2n) is 1.21. The molecule has 0 spiro atoms. The van der Waals surface area contributed by atoms with Crippen molar-refractivity contribution < 1.29 is 36.9 Å². The maximum atomic E-state index is 3.68. The van der Waals surface area contributed by atoms with Gasteiger partial charge >= 0.3 is 0 Å². The molecule has 3 nitrogen and oxygen atoms in total. The molecule has 1 radical (unpaired) electrons. The van der Waals surface area contributed by atoms with Crippen molar-refractivity contribution in [3.05, 3.63) is 6.92 Å². The number of unbranched alkanes of at least 4 members (excludes halogenated alkanes) is 2. The van der Waals surface area contributed by atoms with E-state index in [-0.39, 0.29) is 36.9 Å². The zero-order valence-corrected chi connectivity index (χ0v) is 8.15. The smallest absolute Gasteiger partial charge is 0 e. The second-order valence-corrected chi connectivity index (χ2v) is 1.21. The van der Waals surface area contributed by atoms with Crippen LogP contribution in [-0.2, 0) is 36.9 Å². The summed E-state index contributed by atoms with van der Waals surface area (Å²) in [5, 5.41) is 0. The van der Waals surface area contributed by atoms with Crippen LogP contribution in [0.15, 0.2) is 0 Å². The molecule has 4 heteroatoms. The summed E-state index contributed by atoms with van der Waals surface area (Å²) in [4.78, 5) is 0. The van der Waals surface area contributed by atoms with Gasteiger partial charge in [0.2, 0.25) is 0 Å². The zero-order chi connectivity index (χ0) is 4.12. The molecule has 9 heavy (non-hydrogen) atoms. The SMILES string of the molecule is [CH2-]CCCC.[O-2].[O-2].[O-2].[Re]. The molecule has 63 valence electrons. The third kappa shape index (κ3) is 56.6. The first-order chi connectivity index (χ1) is 2.41. The van der Waals surface area contributed by atoms with Gasteiger partial charge in [0.1, 0.15) is 0 Å². The molecule has 0 aromatic heterocycles. The van der Waals surface area contributed by atoms with Gasteiger partial charge in [0.25, 0.3) is 0 Å². The minimum atomic E-state index is 0. The van der Waals surface area contributed by atoms with Gasteiger partial charge in [0.05, 0.1) is 0 Å². The fraction of sp³-hybridized carbons (Fsp3) is 0.800. The molecule has 0 saturated carbocycles. The van der Waals surface area contributed by atoms with Crippen molar-refractivity contribution in [1.29, 1.82) is 0 Å². The van der Waals surface area contributed by atoms with Gasteiger partial charge in [0, 0.05) is 20.4 Å². The largest absolute Gasteiger partial charge is 2.00 e. The fourth-order valence-electron chi connectivity index (χ4n) is 0.250. The number of hydrogen-bond acceptors (Lipinski definition) is 0.